The van der Waals surface area contributed by atoms with E-state index in [0.29, 0.717) is 19.0 Å². The standard InChI is InChI=1S/C19H21N9O2S2/c1-2-32(29,30)27-11-19(10-20,12-27)28-9-13(7-23-28)16-17-15(4-6-31-17)25-18(26-16)24-14-3-5-21-22-8-14/h3-9H,2,10-12,20H2,1H3,(H,21,24,25,26). The summed E-state index contributed by atoms with van der Waals surface area (Å²) in [6.45, 7) is 2.53. The summed E-state index contributed by atoms with van der Waals surface area (Å²) in [6, 6.07) is 3.72. The molecule has 5 heterocycles. The molecule has 0 aromatic carbocycles. The van der Waals surface area contributed by atoms with E-state index in [1.807, 2.05) is 17.6 Å². The first-order chi connectivity index (χ1) is 15.4. The monoisotopic (exact) mass is 471 g/mol. The van der Waals surface area contributed by atoms with E-state index >= 15 is 0 Å². The van der Waals surface area contributed by atoms with E-state index in [-0.39, 0.29) is 12.3 Å². The highest BCUT2D eigenvalue weighted by atomic mass is 32.2. The van der Waals surface area contributed by atoms with Gasteiger partial charge in [-0.1, -0.05) is 0 Å². The molecule has 13 heteroatoms. The normalized spacial score (nSPS) is 16.2. The molecule has 0 atom stereocenters. The first kappa shape index (κ1) is 20.9. The minimum Gasteiger partial charge on any atom is -0.328 e. The fourth-order valence-corrected chi connectivity index (χ4v) is 5.75. The molecule has 0 spiro atoms. The molecule has 1 saturated heterocycles. The molecule has 0 aliphatic carbocycles. The van der Waals surface area contributed by atoms with Gasteiger partial charge >= 0.3 is 0 Å². The third-order valence-electron chi connectivity index (χ3n) is 5.57. The van der Waals surface area contributed by atoms with Crippen LogP contribution >= 0.6 is 11.3 Å². The Morgan fingerprint density at radius 3 is 2.78 bits per heavy atom. The zero-order valence-corrected chi connectivity index (χ0v) is 18.8. The largest absolute Gasteiger partial charge is 0.328 e. The molecule has 4 aromatic heterocycles. The van der Waals surface area contributed by atoms with E-state index in [2.05, 4.69) is 25.6 Å². The van der Waals surface area contributed by atoms with Crippen molar-refractivity contribution in [3.63, 3.8) is 0 Å². The Morgan fingerprint density at radius 2 is 2.06 bits per heavy atom. The molecule has 4 aromatic rings. The average Bonchev–Trinajstić information content (AvgIpc) is 3.44. The summed E-state index contributed by atoms with van der Waals surface area (Å²) >= 11 is 1.55. The number of hydrogen-bond acceptors (Lipinski definition) is 10. The second kappa shape index (κ2) is 7.85. The van der Waals surface area contributed by atoms with Crippen molar-refractivity contribution in [3.8, 4) is 11.3 Å². The van der Waals surface area contributed by atoms with Crippen LogP contribution in [0.4, 0.5) is 11.6 Å². The van der Waals surface area contributed by atoms with Crippen LogP contribution in [0.3, 0.4) is 0 Å². The molecule has 0 radical (unpaired) electrons. The molecule has 1 aliphatic heterocycles. The molecule has 11 nitrogen and oxygen atoms in total. The van der Waals surface area contributed by atoms with Gasteiger partial charge in [0.2, 0.25) is 16.0 Å². The molecule has 32 heavy (non-hydrogen) atoms. The first-order valence-corrected chi connectivity index (χ1v) is 12.5. The van der Waals surface area contributed by atoms with Crippen molar-refractivity contribution in [1.82, 2.24) is 34.3 Å². The molecular weight excluding hydrogens is 450 g/mol. The maximum absolute atomic E-state index is 12.2. The Bertz CT molecular complexity index is 1360. The van der Waals surface area contributed by atoms with Crippen molar-refractivity contribution in [1.29, 1.82) is 0 Å². The van der Waals surface area contributed by atoms with Crippen LogP contribution in [0.1, 0.15) is 6.92 Å². The quantitative estimate of drug-likeness (QED) is 0.408. The van der Waals surface area contributed by atoms with Crippen LogP contribution in [-0.4, -0.2) is 68.1 Å². The molecule has 166 valence electrons. The molecule has 0 saturated carbocycles. The number of nitrogens with zero attached hydrogens (tertiary/aromatic N) is 7. The van der Waals surface area contributed by atoms with E-state index < -0.39 is 15.6 Å². The van der Waals surface area contributed by atoms with Crippen molar-refractivity contribution in [2.45, 2.75) is 12.5 Å². The predicted octanol–water partition coefficient (Wildman–Crippen LogP) is 1.41. The van der Waals surface area contributed by atoms with E-state index in [1.165, 1.54) is 4.31 Å². The van der Waals surface area contributed by atoms with Gasteiger partial charge in [0.15, 0.2) is 0 Å². The number of hydrogen-bond donors (Lipinski definition) is 2. The first-order valence-electron chi connectivity index (χ1n) is 9.96. The number of nitrogens with one attached hydrogen (secondary N) is 1. The molecule has 1 aliphatic rings. The second-order valence-corrected chi connectivity index (χ2v) is 10.7. The van der Waals surface area contributed by atoms with Crippen molar-refractivity contribution < 1.29 is 8.42 Å². The van der Waals surface area contributed by atoms with Gasteiger partial charge in [-0.15, -0.1) is 11.3 Å². The van der Waals surface area contributed by atoms with Gasteiger partial charge in [-0.2, -0.15) is 19.6 Å². The fraction of sp³-hybridized carbons (Fsp3) is 0.316. The van der Waals surface area contributed by atoms with Gasteiger partial charge in [-0.3, -0.25) is 4.68 Å². The van der Waals surface area contributed by atoms with E-state index in [9.17, 15) is 8.42 Å². The van der Waals surface area contributed by atoms with Gasteiger partial charge < -0.3 is 11.1 Å². The van der Waals surface area contributed by atoms with E-state index in [1.54, 1.807) is 47.6 Å². The number of fused-ring (bicyclic) bond motifs is 1. The Kier molecular flexibility index (Phi) is 5.12. The summed E-state index contributed by atoms with van der Waals surface area (Å²) in [5.74, 6) is 0.502. The second-order valence-electron chi connectivity index (χ2n) is 7.56. The molecule has 1 fully saturated rings. The van der Waals surface area contributed by atoms with Crippen molar-refractivity contribution in [3.05, 3.63) is 42.3 Å². The van der Waals surface area contributed by atoms with Gasteiger partial charge in [0.1, 0.15) is 5.54 Å². The lowest BCUT2D eigenvalue weighted by atomic mass is 9.93. The SMILES string of the molecule is CCS(=O)(=O)N1CC(CN)(n2cc(-c3nc(Nc4ccnnc4)nc4ccsc34)cn2)C1. The van der Waals surface area contributed by atoms with Crippen LogP contribution in [-0.2, 0) is 15.6 Å². The summed E-state index contributed by atoms with van der Waals surface area (Å²) in [4.78, 5) is 9.30. The minimum atomic E-state index is -3.25. The van der Waals surface area contributed by atoms with Crippen molar-refractivity contribution >= 4 is 43.2 Å². The predicted molar refractivity (Wildman–Crippen MR) is 122 cm³/mol. The Morgan fingerprint density at radius 1 is 1.22 bits per heavy atom. The maximum atomic E-state index is 12.2. The average molecular weight is 472 g/mol. The molecular formula is C19H21N9O2S2. The summed E-state index contributed by atoms with van der Waals surface area (Å²) in [7, 11) is -3.25. The van der Waals surface area contributed by atoms with Crippen molar-refractivity contribution in [2.24, 2.45) is 5.73 Å². The number of sulfonamides is 1. The number of nitrogens with two attached hydrogens (primary N) is 1. The fourth-order valence-electron chi connectivity index (χ4n) is 3.67. The number of rotatable bonds is 7. The Labute approximate surface area is 188 Å². The highest BCUT2D eigenvalue weighted by Gasteiger charge is 2.48. The lowest BCUT2D eigenvalue weighted by Gasteiger charge is -2.48. The highest BCUT2D eigenvalue weighted by molar-refractivity contribution is 7.89. The summed E-state index contributed by atoms with van der Waals surface area (Å²) < 4.78 is 28.5. The highest BCUT2D eigenvalue weighted by Crippen LogP contribution is 2.35. The number of anilines is 2. The Hall–Kier alpha value is -3.00. The molecule has 0 bridgehead atoms. The molecule has 0 amide bonds. The van der Waals surface area contributed by atoms with Gasteiger partial charge in [0.25, 0.3) is 0 Å². The zero-order chi connectivity index (χ0) is 22.3. The number of thiophene rings is 1. The van der Waals surface area contributed by atoms with E-state index in [0.717, 1.165) is 27.2 Å². The Balaban J connectivity index is 1.49. The number of aromatic nitrogens is 6. The molecule has 0 unspecified atom stereocenters. The van der Waals surface area contributed by atoms with Crippen LogP contribution in [0.25, 0.3) is 21.5 Å². The smallest absolute Gasteiger partial charge is 0.228 e. The topological polar surface area (TPSA) is 145 Å². The van der Waals surface area contributed by atoms with Gasteiger partial charge in [0.05, 0.1) is 45.9 Å². The van der Waals surface area contributed by atoms with Crippen LogP contribution in [0, 0.1) is 0 Å². The van der Waals surface area contributed by atoms with Crippen LogP contribution < -0.4 is 11.1 Å². The lowest BCUT2D eigenvalue weighted by molar-refractivity contribution is 0.0759. The van der Waals surface area contributed by atoms with Gasteiger partial charge in [-0.25, -0.2) is 18.4 Å². The van der Waals surface area contributed by atoms with E-state index in [4.69, 9.17) is 10.7 Å². The zero-order valence-electron chi connectivity index (χ0n) is 17.2. The molecule has 3 N–H and O–H groups in total. The van der Waals surface area contributed by atoms with Gasteiger partial charge in [-0.05, 0) is 24.4 Å². The lowest BCUT2D eigenvalue weighted by Crippen LogP contribution is -2.67. The minimum absolute atomic E-state index is 0.0675. The summed E-state index contributed by atoms with van der Waals surface area (Å²) in [6.07, 6.45) is 6.79. The third kappa shape index (κ3) is 3.52. The third-order valence-corrected chi connectivity index (χ3v) is 8.25. The maximum Gasteiger partial charge on any atom is 0.228 e. The molecule has 5 rings (SSSR count). The van der Waals surface area contributed by atoms with Gasteiger partial charge in [0, 0.05) is 31.4 Å². The van der Waals surface area contributed by atoms with Crippen molar-refractivity contribution in [2.75, 3.05) is 30.7 Å². The van der Waals surface area contributed by atoms with Crippen LogP contribution in [0.15, 0.2) is 42.3 Å². The summed E-state index contributed by atoms with van der Waals surface area (Å²) in [5, 5.41) is 17.3. The van der Waals surface area contributed by atoms with Crippen LogP contribution in [0.2, 0.25) is 0 Å². The summed E-state index contributed by atoms with van der Waals surface area (Å²) in [5.41, 5.74) is 8.58. The van der Waals surface area contributed by atoms with Crippen LogP contribution in [0.5, 0.6) is 0 Å².